The summed E-state index contributed by atoms with van der Waals surface area (Å²) in [4.78, 5) is 38.4. The van der Waals surface area contributed by atoms with E-state index in [0.29, 0.717) is 42.2 Å². The monoisotopic (exact) mass is 503 g/mol. The van der Waals surface area contributed by atoms with Crippen LogP contribution >= 0.6 is 0 Å². The molecule has 0 saturated carbocycles. The minimum absolute atomic E-state index is 0.0991. The predicted molar refractivity (Wildman–Crippen MR) is 130 cm³/mol. The number of rotatable bonds is 8. The number of sulfonamides is 1. The summed E-state index contributed by atoms with van der Waals surface area (Å²) in [5, 5.41) is 2.91. The highest BCUT2D eigenvalue weighted by molar-refractivity contribution is 7.92. The zero-order valence-corrected chi connectivity index (χ0v) is 20.5. The first kappa shape index (κ1) is 26.0. The molecule has 0 aromatic heterocycles. The highest BCUT2D eigenvalue weighted by Gasteiger charge is 2.24. The molecule has 2 aromatic carbocycles. The van der Waals surface area contributed by atoms with Crippen molar-refractivity contribution in [2.75, 3.05) is 37.2 Å². The quantitative estimate of drug-likeness (QED) is 0.418. The summed E-state index contributed by atoms with van der Waals surface area (Å²) in [6.45, 7) is 3.54. The molecule has 2 aromatic rings. The number of ether oxygens (including phenoxy) is 2. The molecule has 35 heavy (non-hydrogen) atoms. The van der Waals surface area contributed by atoms with E-state index >= 15 is 0 Å². The molecular formula is C24H29N3O7S. The normalized spacial score (nSPS) is 14.2. The molecule has 0 spiro atoms. The van der Waals surface area contributed by atoms with Gasteiger partial charge in [0.2, 0.25) is 10.0 Å². The van der Waals surface area contributed by atoms with Crippen LogP contribution in [0.25, 0.3) is 0 Å². The molecule has 1 fully saturated rings. The van der Waals surface area contributed by atoms with E-state index in [4.69, 9.17) is 9.47 Å². The van der Waals surface area contributed by atoms with Gasteiger partial charge in [0.1, 0.15) is 5.75 Å². The van der Waals surface area contributed by atoms with Crippen LogP contribution in [0.1, 0.15) is 40.5 Å². The second-order valence-electron chi connectivity index (χ2n) is 8.21. The van der Waals surface area contributed by atoms with Gasteiger partial charge in [-0.25, -0.2) is 13.2 Å². The first-order chi connectivity index (χ1) is 16.6. The zero-order valence-electron chi connectivity index (χ0n) is 19.7. The summed E-state index contributed by atoms with van der Waals surface area (Å²) in [7, 11) is -3.37. The fourth-order valence-electron chi connectivity index (χ4n) is 3.67. The number of amides is 2. The topological polar surface area (TPSA) is 131 Å². The average molecular weight is 504 g/mol. The van der Waals surface area contributed by atoms with Gasteiger partial charge in [-0.1, -0.05) is 0 Å². The predicted octanol–water partition coefficient (Wildman–Crippen LogP) is 2.88. The van der Waals surface area contributed by atoms with Crippen molar-refractivity contribution < 1.29 is 32.3 Å². The van der Waals surface area contributed by atoms with Crippen LogP contribution in [0.15, 0.2) is 48.5 Å². The Balaban J connectivity index is 1.43. The summed E-state index contributed by atoms with van der Waals surface area (Å²) >= 11 is 0. The van der Waals surface area contributed by atoms with Crippen LogP contribution in [0.2, 0.25) is 0 Å². The fourth-order valence-corrected chi connectivity index (χ4v) is 4.24. The third-order valence-electron chi connectivity index (χ3n) is 5.47. The molecule has 0 bridgehead atoms. The molecule has 2 amide bonds. The van der Waals surface area contributed by atoms with Crippen LogP contribution < -0.4 is 14.8 Å². The Morgan fingerprint density at radius 1 is 0.971 bits per heavy atom. The average Bonchev–Trinajstić information content (AvgIpc) is 2.82. The smallest absolute Gasteiger partial charge is 0.434 e. The number of likely N-dealkylation sites (tertiary alicyclic amines) is 1. The van der Waals surface area contributed by atoms with E-state index in [1.54, 1.807) is 48.2 Å². The molecule has 1 aliphatic heterocycles. The highest BCUT2D eigenvalue weighted by Crippen LogP contribution is 2.20. The van der Waals surface area contributed by atoms with Gasteiger partial charge in [0, 0.05) is 36.4 Å². The van der Waals surface area contributed by atoms with E-state index in [0.717, 1.165) is 19.1 Å². The van der Waals surface area contributed by atoms with E-state index in [2.05, 4.69) is 10.0 Å². The number of hydrogen-bond donors (Lipinski definition) is 2. The van der Waals surface area contributed by atoms with E-state index in [-0.39, 0.29) is 24.3 Å². The van der Waals surface area contributed by atoms with Crippen molar-refractivity contribution in [1.82, 2.24) is 10.2 Å². The third-order valence-corrected chi connectivity index (χ3v) is 6.07. The second kappa shape index (κ2) is 11.7. The number of nitrogens with zero attached hydrogens (tertiary/aromatic N) is 1. The van der Waals surface area contributed by atoms with E-state index < -0.39 is 16.2 Å². The number of nitrogens with one attached hydrogen (secondary N) is 2. The molecule has 2 N–H and O–H groups in total. The van der Waals surface area contributed by atoms with E-state index in [1.165, 1.54) is 12.1 Å². The number of carbonyl (C=O) groups excluding carboxylic acids is 3. The van der Waals surface area contributed by atoms with Gasteiger partial charge in [-0.2, -0.15) is 0 Å². The Morgan fingerprint density at radius 2 is 1.57 bits per heavy atom. The lowest BCUT2D eigenvalue weighted by Crippen LogP contribution is -2.41. The Labute approximate surface area is 204 Å². The van der Waals surface area contributed by atoms with Gasteiger partial charge in [-0.3, -0.25) is 14.3 Å². The standard InChI is InChI=1S/C24H29N3O7S/c1-3-33-24(30)34-21-10-6-19(7-11-21)23(29)27-14-12-17(13-15-27)16-25-22(28)18-4-8-20(9-5-18)26-35(2,31)32/h4-11,17,26H,3,12-16H2,1-2H3,(H,25,28). The largest absolute Gasteiger partial charge is 0.513 e. The van der Waals surface area contributed by atoms with E-state index in [9.17, 15) is 22.8 Å². The molecule has 0 unspecified atom stereocenters. The Kier molecular flexibility index (Phi) is 8.69. The van der Waals surface area contributed by atoms with Crippen molar-refractivity contribution in [2.45, 2.75) is 19.8 Å². The van der Waals surface area contributed by atoms with E-state index in [1.807, 2.05) is 0 Å². The Hall–Kier alpha value is -3.60. The van der Waals surface area contributed by atoms with Crippen molar-refractivity contribution in [3.05, 3.63) is 59.7 Å². The zero-order chi connectivity index (χ0) is 25.4. The van der Waals surface area contributed by atoms with Crippen LogP contribution in [0.3, 0.4) is 0 Å². The van der Waals surface area contributed by atoms with Crippen LogP contribution in [0.4, 0.5) is 10.5 Å². The van der Waals surface area contributed by atoms with Crippen molar-refractivity contribution in [3.8, 4) is 5.75 Å². The summed E-state index contributed by atoms with van der Waals surface area (Å²) in [5.74, 6) is 0.211. The number of piperidine rings is 1. The highest BCUT2D eigenvalue weighted by atomic mass is 32.2. The summed E-state index contributed by atoms with van der Waals surface area (Å²) < 4.78 is 34.6. The van der Waals surface area contributed by atoms with Crippen molar-refractivity contribution in [2.24, 2.45) is 5.92 Å². The van der Waals surface area contributed by atoms with Crippen molar-refractivity contribution in [3.63, 3.8) is 0 Å². The summed E-state index contributed by atoms with van der Waals surface area (Å²) in [6, 6.07) is 12.5. The molecule has 11 heteroatoms. The minimum Gasteiger partial charge on any atom is -0.434 e. The first-order valence-electron chi connectivity index (χ1n) is 11.2. The third kappa shape index (κ3) is 7.99. The maximum Gasteiger partial charge on any atom is 0.513 e. The van der Waals surface area contributed by atoms with Gasteiger partial charge in [-0.15, -0.1) is 0 Å². The minimum atomic E-state index is -3.37. The molecule has 10 nitrogen and oxygen atoms in total. The number of anilines is 1. The van der Waals surface area contributed by atoms with Crippen molar-refractivity contribution in [1.29, 1.82) is 0 Å². The number of carbonyl (C=O) groups is 3. The Bertz CT molecular complexity index is 1140. The molecule has 1 heterocycles. The first-order valence-corrected chi connectivity index (χ1v) is 13.1. The van der Waals surface area contributed by atoms with Gasteiger partial charge in [0.15, 0.2) is 0 Å². The van der Waals surface area contributed by atoms with Crippen molar-refractivity contribution >= 4 is 33.7 Å². The molecule has 0 atom stereocenters. The van der Waals surface area contributed by atoms with Crippen LogP contribution in [0.5, 0.6) is 5.75 Å². The lowest BCUT2D eigenvalue weighted by Gasteiger charge is -2.32. The SMILES string of the molecule is CCOC(=O)Oc1ccc(C(=O)N2CCC(CNC(=O)c3ccc(NS(C)(=O)=O)cc3)CC2)cc1. The lowest BCUT2D eigenvalue weighted by atomic mass is 9.96. The maximum atomic E-state index is 12.8. The van der Waals surface area contributed by atoms with Crippen LogP contribution in [-0.4, -0.2) is 63.8 Å². The molecule has 1 aliphatic rings. The molecule has 0 aliphatic carbocycles. The van der Waals surface area contributed by atoms with Crippen LogP contribution in [-0.2, 0) is 14.8 Å². The molecular weight excluding hydrogens is 474 g/mol. The molecule has 0 radical (unpaired) electrons. The van der Waals surface area contributed by atoms with Gasteiger partial charge in [0.05, 0.1) is 12.9 Å². The molecule has 1 saturated heterocycles. The molecule has 3 rings (SSSR count). The van der Waals surface area contributed by atoms with Gasteiger partial charge < -0.3 is 19.7 Å². The summed E-state index contributed by atoms with van der Waals surface area (Å²) in [5.41, 5.74) is 1.33. The van der Waals surface area contributed by atoms with Gasteiger partial charge in [0.25, 0.3) is 11.8 Å². The van der Waals surface area contributed by atoms with Crippen LogP contribution in [0, 0.1) is 5.92 Å². The van der Waals surface area contributed by atoms with Gasteiger partial charge in [-0.05, 0) is 74.2 Å². The molecule has 188 valence electrons. The lowest BCUT2D eigenvalue weighted by molar-refractivity contribution is 0.0684. The summed E-state index contributed by atoms with van der Waals surface area (Å²) in [6.07, 6.45) is 1.79. The fraction of sp³-hybridized carbons (Fsp3) is 0.375. The number of hydrogen-bond acceptors (Lipinski definition) is 7. The Morgan fingerprint density at radius 3 is 2.14 bits per heavy atom. The second-order valence-corrected chi connectivity index (χ2v) is 9.96. The number of benzene rings is 2. The maximum absolute atomic E-state index is 12.8. The van der Waals surface area contributed by atoms with Gasteiger partial charge >= 0.3 is 6.16 Å².